The maximum absolute atomic E-state index is 5.42. The number of hydrogen-bond acceptors (Lipinski definition) is 3. The normalized spacial score (nSPS) is 10.5. The van der Waals surface area contributed by atoms with Crippen molar-refractivity contribution in [2.24, 2.45) is 5.73 Å². The Balaban J connectivity index is 2.61. The lowest BCUT2D eigenvalue weighted by Gasteiger charge is -2.10. The van der Waals surface area contributed by atoms with Crippen molar-refractivity contribution in [1.82, 2.24) is 5.32 Å². The predicted octanol–water partition coefficient (Wildman–Crippen LogP) is 2.66. The molecule has 0 amide bonds. The SMILES string of the molecule is COc1c(Br)cc(CNCCCN)cc1Br. The van der Waals surface area contributed by atoms with Gasteiger partial charge in [0.1, 0.15) is 5.75 Å². The van der Waals surface area contributed by atoms with Gasteiger partial charge in [-0.05, 0) is 69.1 Å². The van der Waals surface area contributed by atoms with E-state index in [9.17, 15) is 0 Å². The summed E-state index contributed by atoms with van der Waals surface area (Å²) in [4.78, 5) is 0. The second-order valence-corrected chi connectivity index (χ2v) is 5.12. The van der Waals surface area contributed by atoms with E-state index in [0.29, 0.717) is 0 Å². The first-order valence-electron chi connectivity index (χ1n) is 5.11. The number of hydrogen-bond donors (Lipinski definition) is 2. The van der Waals surface area contributed by atoms with Gasteiger partial charge >= 0.3 is 0 Å². The number of methoxy groups -OCH3 is 1. The topological polar surface area (TPSA) is 47.3 Å². The van der Waals surface area contributed by atoms with Crippen LogP contribution in [0.15, 0.2) is 21.1 Å². The molecule has 5 heteroatoms. The Morgan fingerprint density at radius 1 is 1.31 bits per heavy atom. The molecule has 0 fully saturated rings. The van der Waals surface area contributed by atoms with Crippen LogP contribution in [0.25, 0.3) is 0 Å². The third-order valence-corrected chi connectivity index (χ3v) is 3.33. The molecular formula is C11H16Br2N2O. The third-order valence-electron chi connectivity index (χ3n) is 2.15. The van der Waals surface area contributed by atoms with E-state index in [1.807, 2.05) is 0 Å². The first kappa shape index (κ1) is 14.0. The Kier molecular flexibility index (Phi) is 6.34. The summed E-state index contributed by atoms with van der Waals surface area (Å²) in [6.45, 7) is 2.50. The second-order valence-electron chi connectivity index (χ2n) is 3.41. The summed E-state index contributed by atoms with van der Waals surface area (Å²) in [7, 11) is 1.66. The fraction of sp³-hybridized carbons (Fsp3) is 0.455. The fourth-order valence-corrected chi connectivity index (χ4v) is 2.97. The molecule has 0 saturated carbocycles. The number of halogens is 2. The highest BCUT2D eigenvalue weighted by Crippen LogP contribution is 2.34. The van der Waals surface area contributed by atoms with Gasteiger partial charge in [-0.25, -0.2) is 0 Å². The van der Waals surface area contributed by atoms with Gasteiger partial charge < -0.3 is 15.8 Å². The molecule has 0 aromatic heterocycles. The number of ether oxygens (including phenoxy) is 1. The van der Waals surface area contributed by atoms with Crippen molar-refractivity contribution in [2.45, 2.75) is 13.0 Å². The lowest BCUT2D eigenvalue weighted by molar-refractivity contribution is 0.409. The van der Waals surface area contributed by atoms with Gasteiger partial charge in [0.15, 0.2) is 0 Å². The van der Waals surface area contributed by atoms with E-state index in [-0.39, 0.29) is 0 Å². The minimum Gasteiger partial charge on any atom is -0.494 e. The van der Waals surface area contributed by atoms with E-state index >= 15 is 0 Å². The predicted molar refractivity (Wildman–Crippen MR) is 73.8 cm³/mol. The van der Waals surface area contributed by atoms with Crippen LogP contribution in [0.5, 0.6) is 5.75 Å². The smallest absolute Gasteiger partial charge is 0.147 e. The van der Waals surface area contributed by atoms with Crippen LogP contribution in [0.3, 0.4) is 0 Å². The zero-order valence-electron chi connectivity index (χ0n) is 9.22. The van der Waals surface area contributed by atoms with Gasteiger partial charge in [-0.2, -0.15) is 0 Å². The van der Waals surface area contributed by atoms with E-state index < -0.39 is 0 Å². The minimum absolute atomic E-state index is 0.725. The largest absolute Gasteiger partial charge is 0.494 e. The molecule has 0 unspecified atom stereocenters. The van der Waals surface area contributed by atoms with Crippen LogP contribution in [0.2, 0.25) is 0 Å². The molecule has 0 bridgehead atoms. The first-order valence-corrected chi connectivity index (χ1v) is 6.70. The molecule has 0 spiro atoms. The van der Waals surface area contributed by atoms with E-state index in [2.05, 4.69) is 49.3 Å². The molecule has 1 aromatic rings. The van der Waals surface area contributed by atoms with Crippen LogP contribution >= 0.6 is 31.9 Å². The molecule has 0 atom stereocenters. The number of nitrogens with one attached hydrogen (secondary N) is 1. The van der Waals surface area contributed by atoms with Crippen molar-refractivity contribution in [3.05, 3.63) is 26.6 Å². The van der Waals surface area contributed by atoms with Crippen LogP contribution < -0.4 is 15.8 Å². The van der Waals surface area contributed by atoms with E-state index in [1.165, 1.54) is 5.56 Å². The van der Waals surface area contributed by atoms with Crippen molar-refractivity contribution >= 4 is 31.9 Å². The Bertz CT molecular complexity index is 322. The average molecular weight is 352 g/mol. The van der Waals surface area contributed by atoms with Gasteiger partial charge in [-0.15, -0.1) is 0 Å². The third kappa shape index (κ3) is 4.05. The molecule has 3 nitrogen and oxygen atoms in total. The summed E-state index contributed by atoms with van der Waals surface area (Å²) in [6, 6.07) is 4.11. The van der Waals surface area contributed by atoms with Crippen LogP contribution in [-0.4, -0.2) is 20.2 Å². The molecule has 90 valence electrons. The number of rotatable bonds is 6. The summed E-state index contributed by atoms with van der Waals surface area (Å²) in [5.74, 6) is 0.825. The van der Waals surface area contributed by atoms with Crippen LogP contribution in [-0.2, 0) is 6.54 Å². The van der Waals surface area contributed by atoms with Crippen LogP contribution in [0, 0.1) is 0 Å². The number of nitrogens with two attached hydrogens (primary N) is 1. The lowest BCUT2D eigenvalue weighted by Crippen LogP contribution is -2.17. The molecule has 0 aliphatic rings. The lowest BCUT2D eigenvalue weighted by atomic mass is 10.2. The zero-order valence-corrected chi connectivity index (χ0v) is 12.4. The van der Waals surface area contributed by atoms with Gasteiger partial charge in [0, 0.05) is 6.54 Å². The van der Waals surface area contributed by atoms with Gasteiger partial charge in [0.25, 0.3) is 0 Å². The molecular weight excluding hydrogens is 336 g/mol. The zero-order chi connectivity index (χ0) is 12.0. The van der Waals surface area contributed by atoms with Gasteiger partial charge in [0.2, 0.25) is 0 Å². The Hall–Kier alpha value is -0.100. The van der Waals surface area contributed by atoms with E-state index in [0.717, 1.165) is 40.8 Å². The van der Waals surface area contributed by atoms with Gasteiger partial charge in [-0.1, -0.05) is 0 Å². The van der Waals surface area contributed by atoms with Crippen molar-refractivity contribution in [3.63, 3.8) is 0 Å². The highest BCUT2D eigenvalue weighted by atomic mass is 79.9. The molecule has 3 N–H and O–H groups in total. The van der Waals surface area contributed by atoms with E-state index in [1.54, 1.807) is 7.11 Å². The molecule has 0 saturated heterocycles. The Labute approximate surface area is 113 Å². The van der Waals surface area contributed by atoms with Crippen molar-refractivity contribution < 1.29 is 4.74 Å². The standard InChI is InChI=1S/C11H16Br2N2O/c1-16-11-9(12)5-8(6-10(11)13)7-15-4-2-3-14/h5-6,15H,2-4,7,14H2,1H3. The van der Waals surface area contributed by atoms with Crippen molar-refractivity contribution in [1.29, 1.82) is 0 Å². The molecule has 0 radical (unpaired) electrons. The van der Waals surface area contributed by atoms with Crippen LogP contribution in [0.1, 0.15) is 12.0 Å². The maximum Gasteiger partial charge on any atom is 0.147 e. The van der Waals surface area contributed by atoms with E-state index in [4.69, 9.17) is 10.5 Å². The monoisotopic (exact) mass is 350 g/mol. The van der Waals surface area contributed by atoms with Gasteiger partial charge in [0.05, 0.1) is 16.1 Å². The molecule has 1 rings (SSSR count). The highest BCUT2D eigenvalue weighted by Gasteiger charge is 2.07. The highest BCUT2D eigenvalue weighted by molar-refractivity contribution is 9.11. The minimum atomic E-state index is 0.725. The summed E-state index contributed by atoms with van der Waals surface area (Å²) in [5, 5.41) is 3.33. The van der Waals surface area contributed by atoms with Crippen molar-refractivity contribution in [2.75, 3.05) is 20.2 Å². The first-order chi connectivity index (χ1) is 7.69. The molecule has 0 aliphatic heterocycles. The molecule has 16 heavy (non-hydrogen) atoms. The Morgan fingerprint density at radius 2 is 1.94 bits per heavy atom. The molecule has 0 heterocycles. The summed E-state index contributed by atoms with van der Waals surface area (Å²) >= 11 is 6.96. The quantitative estimate of drug-likeness (QED) is 0.774. The molecule has 1 aromatic carbocycles. The average Bonchev–Trinajstić information content (AvgIpc) is 2.24. The Morgan fingerprint density at radius 3 is 2.44 bits per heavy atom. The van der Waals surface area contributed by atoms with Gasteiger partial charge in [-0.3, -0.25) is 0 Å². The summed E-state index contributed by atoms with van der Waals surface area (Å²) < 4.78 is 7.16. The number of benzene rings is 1. The maximum atomic E-state index is 5.42. The van der Waals surface area contributed by atoms with Crippen LogP contribution in [0.4, 0.5) is 0 Å². The summed E-state index contributed by atoms with van der Waals surface area (Å²) in [6.07, 6.45) is 0.999. The fourth-order valence-electron chi connectivity index (χ4n) is 1.37. The second kappa shape index (κ2) is 7.27. The molecule has 0 aliphatic carbocycles. The van der Waals surface area contributed by atoms with Crippen molar-refractivity contribution in [3.8, 4) is 5.75 Å². The summed E-state index contributed by atoms with van der Waals surface area (Å²) in [5.41, 5.74) is 6.63.